The van der Waals surface area contributed by atoms with Crippen LogP contribution in [0.15, 0.2) is 65.8 Å². The summed E-state index contributed by atoms with van der Waals surface area (Å²) < 4.78 is 27.7. The van der Waals surface area contributed by atoms with Gasteiger partial charge in [0.1, 0.15) is 4.90 Å². The highest BCUT2D eigenvalue weighted by Gasteiger charge is 2.26. The van der Waals surface area contributed by atoms with Gasteiger partial charge in [0.25, 0.3) is 5.95 Å². The van der Waals surface area contributed by atoms with E-state index in [0.29, 0.717) is 33.4 Å². The highest BCUT2D eigenvalue weighted by Crippen LogP contribution is 2.26. The van der Waals surface area contributed by atoms with Gasteiger partial charge in [-0.1, -0.05) is 29.8 Å². The monoisotopic (exact) mass is 439 g/mol. The molecule has 1 aromatic carbocycles. The summed E-state index contributed by atoms with van der Waals surface area (Å²) in [6.07, 6.45) is 3.28. The summed E-state index contributed by atoms with van der Waals surface area (Å²) in [7, 11) is -3.63. The van der Waals surface area contributed by atoms with Gasteiger partial charge in [0, 0.05) is 17.4 Å². The Bertz CT molecular complexity index is 1300. The van der Waals surface area contributed by atoms with Crippen LogP contribution in [0.4, 0.5) is 0 Å². The molecular weight excluding hydrogens is 422 g/mol. The van der Waals surface area contributed by atoms with Crippen molar-refractivity contribution in [1.82, 2.24) is 24.7 Å². The highest BCUT2D eigenvalue weighted by molar-refractivity contribution is 7.90. The van der Waals surface area contributed by atoms with Crippen molar-refractivity contribution in [2.75, 3.05) is 0 Å². The minimum Gasteiger partial charge on any atom is -0.255 e. The third-order valence-electron chi connectivity index (χ3n) is 4.57. The van der Waals surface area contributed by atoms with Gasteiger partial charge in [-0.15, -0.1) is 0 Å². The fourth-order valence-electron chi connectivity index (χ4n) is 3.25. The summed E-state index contributed by atoms with van der Waals surface area (Å²) in [5, 5.41) is 4.96. The number of benzene rings is 1. The maximum atomic E-state index is 13.1. The SMILES string of the molecule is Cc1nn(-c2nccc(-c3ccccn3)n2)c(C)c1S(=O)(=O)Cc1ccc(Cl)cc1. The van der Waals surface area contributed by atoms with E-state index in [9.17, 15) is 8.42 Å². The minimum absolute atomic E-state index is 0.146. The number of aromatic nitrogens is 5. The molecule has 0 saturated carbocycles. The van der Waals surface area contributed by atoms with E-state index in [-0.39, 0.29) is 16.6 Å². The summed E-state index contributed by atoms with van der Waals surface area (Å²) in [4.78, 5) is 13.3. The fraction of sp³-hybridized carbons (Fsp3) is 0.143. The smallest absolute Gasteiger partial charge is 0.251 e. The van der Waals surface area contributed by atoms with Crippen molar-refractivity contribution >= 4 is 21.4 Å². The first-order valence-electron chi connectivity index (χ1n) is 9.13. The molecule has 3 heterocycles. The standard InChI is InChI=1S/C21H18ClN5O2S/c1-14-20(30(28,29)13-16-6-8-17(22)9-7-16)15(2)27(26-14)21-24-12-10-19(25-21)18-5-3-4-11-23-18/h3-12H,13H2,1-2H3. The van der Waals surface area contributed by atoms with Gasteiger partial charge in [-0.05, 0) is 49.7 Å². The van der Waals surface area contributed by atoms with Crippen molar-refractivity contribution in [3.05, 3.63) is 82.9 Å². The van der Waals surface area contributed by atoms with E-state index in [0.717, 1.165) is 0 Å². The van der Waals surface area contributed by atoms with Crippen molar-refractivity contribution in [1.29, 1.82) is 0 Å². The molecule has 0 aliphatic heterocycles. The zero-order valence-corrected chi connectivity index (χ0v) is 17.9. The summed E-state index contributed by atoms with van der Waals surface area (Å²) in [5.74, 6) is 0.138. The number of halogens is 1. The third-order valence-corrected chi connectivity index (χ3v) is 6.74. The van der Waals surface area contributed by atoms with Crippen molar-refractivity contribution in [3.63, 3.8) is 0 Å². The lowest BCUT2D eigenvalue weighted by molar-refractivity contribution is 0.594. The number of pyridine rings is 1. The molecule has 7 nitrogen and oxygen atoms in total. The van der Waals surface area contributed by atoms with Crippen LogP contribution in [-0.4, -0.2) is 33.2 Å². The first-order valence-corrected chi connectivity index (χ1v) is 11.2. The highest BCUT2D eigenvalue weighted by atomic mass is 35.5. The molecule has 4 aromatic rings. The second-order valence-electron chi connectivity index (χ2n) is 6.75. The number of sulfone groups is 1. The zero-order chi connectivity index (χ0) is 21.3. The van der Waals surface area contributed by atoms with Gasteiger partial charge in [-0.3, -0.25) is 4.98 Å². The summed E-state index contributed by atoms with van der Waals surface area (Å²) in [6.45, 7) is 3.37. The molecule has 9 heteroatoms. The first-order chi connectivity index (χ1) is 14.3. The van der Waals surface area contributed by atoms with Crippen LogP contribution < -0.4 is 0 Å². The zero-order valence-electron chi connectivity index (χ0n) is 16.3. The first kappa shape index (κ1) is 20.2. The van der Waals surface area contributed by atoms with Crippen LogP contribution in [0.1, 0.15) is 17.0 Å². The van der Waals surface area contributed by atoms with Crippen LogP contribution in [0, 0.1) is 13.8 Å². The normalized spacial score (nSPS) is 11.6. The van der Waals surface area contributed by atoms with Crippen LogP contribution in [0.5, 0.6) is 0 Å². The molecule has 0 fully saturated rings. The van der Waals surface area contributed by atoms with E-state index in [1.165, 1.54) is 4.68 Å². The van der Waals surface area contributed by atoms with Crippen molar-refractivity contribution in [2.24, 2.45) is 0 Å². The van der Waals surface area contributed by atoms with E-state index in [2.05, 4.69) is 20.1 Å². The lowest BCUT2D eigenvalue weighted by Crippen LogP contribution is -2.09. The van der Waals surface area contributed by atoms with Gasteiger partial charge in [0.05, 0.1) is 28.5 Å². The van der Waals surface area contributed by atoms with E-state index in [4.69, 9.17) is 11.6 Å². The Balaban J connectivity index is 1.73. The van der Waals surface area contributed by atoms with Crippen LogP contribution >= 0.6 is 11.6 Å². The Labute approximate surface area is 179 Å². The molecule has 30 heavy (non-hydrogen) atoms. The molecule has 0 bridgehead atoms. The fourth-order valence-corrected chi connectivity index (χ4v) is 5.18. The number of rotatable bonds is 5. The van der Waals surface area contributed by atoms with Gasteiger partial charge < -0.3 is 0 Å². The molecule has 0 aliphatic rings. The Morgan fingerprint density at radius 3 is 2.40 bits per heavy atom. The van der Waals surface area contributed by atoms with E-state index in [1.807, 2.05) is 18.2 Å². The largest absolute Gasteiger partial charge is 0.255 e. The Morgan fingerprint density at radius 2 is 1.70 bits per heavy atom. The molecule has 0 atom stereocenters. The van der Waals surface area contributed by atoms with Crippen LogP contribution in [0.25, 0.3) is 17.3 Å². The van der Waals surface area contributed by atoms with Crippen molar-refractivity contribution in [2.45, 2.75) is 24.5 Å². The maximum absolute atomic E-state index is 13.1. The molecule has 0 N–H and O–H groups in total. The maximum Gasteiger partial charge on any atom is 0.251 e. The van der Waals surface area contributed by atoms with Crippen LogP contribution in [-0.2, 0) is 15.6 Å². The Hall–Kier alpha value is -3.10. The predicted molar refractivity (Wildman–Crippen MR) is 114 cm³/mol. The average molecular weight is 440 g/mol. The lowest BCUT2D eigenvalue weighted by atomic mass is 10.2. The second kappa shape index (κ2) is 7.97. The molecule has 0 amide bonds. The van der Waals surface area contributed by atoms with Gasteiger partial charge >= 0.3 is 0 Å². The molecule has 0 saturated heterocycles. The molecular formula is C21H18ClN5O2S. The molecule has 152 valence electrons. The second-order valence-corrected chi connectivity index (χ2v) is 9.12. The molecule has 4 rings (SSSR count). The minimum atomic E-state index is -3.63. The van der Waals surface area contributed by atoms with E-state index in [1.54, 1.807) is 56.6 Å². The number of aryl methyl sites for hydroxylation is 1. The molecule has 3 aromatic heterocycles. The van der Waals surface area contributed by atoms with Crippen LogP contribution in [0.3, 0.4) is 0 Å². The summed E-state index contributed by atoms with van der Waals surface area (Å²) in [6, 6.07) is 14.0. The Kier molecular flexibility index (Phi) is 5.36. The number of nitrogens with zero attached hydrogens (tertiary/aromatic N) is 5. The summed E-state index contributed by atoms with van der Waals surface area (Å²) in [5.41, 5.74) is 2.82. The molecule has 0 spiro atoms. The quantitative estimate of drug-likeness (QED) is 0.467. The third kappa shape index (κ3) is 3.96. The van der Waals surface area contributed by atoms with Crippen molar-refractivity contribution in [3.8, 4) is 17.3 Å². The van der Waals surface area contributed by atoms with Gasteiger partial charge in [0.15, 0.2) is 9.84 Å². The number of hydrogen-bond acceptors (Lipinski definition) is 6. The predicted octanol–water partition coefficient (Wildman–Crippen LogP) is 3.97. The molecule has 0 aliphatic carbocycles. The van der Waals surface area contributed by atoms with Crippen molar-refractivity contribution < 1.29 is 8.42 Å². The molecule has 0 radical (unpaired) electrons. The van der Waals surface area contributed by atoms with Gasteiger partial charge in [-0.25, -0.2) is 23.1 Å². The van der Waals surface area contributed by atoms with Crippen LogP contribution in [0.2, 0.25) is 5.02 Å². The average Bonchev–Trinajstić information content (AvgIpc) is 3.05. The summed E-state index contributed by atoms with van der Waals surface area (Å²) >= 11 is 5.90. The van der Waals surface area contributed by atoms with Gasteiger partial charge in [0.2, 0.25) is 0 Å². The van der Waals surface area contributed by atoms with E-state index >= 15 is 0 Å². The topological polar surface area (TPSA) is 90.6 Å². The lowest BCUT2D eigenvalue weighted by Gasteiger charge is -2.07. The molecule has 0 unspecified atom stereocenters. The van der Waals surface area contributed by atoms with E-state index < -0.39 is 9.84 Å². The Morgan fingerprint density at radius 1 is 0.933 bits per heavy atom. The van der Waals surface area contributed by atoms with Gasteiger partial charge in [-0.2, -0.15) is 5.10 Å². The number of hydrogen-bond donors (Lipinski definition) is 0.